The smallest absolute Gasteiger partial charge is 0.418 e. The molecule has 1 aromatic heterocycles. The van der Waals surface area contributed by atoms with Crippen molar-refractivity contribution in [3.05, 3.63) is 47.0 Å². The Morgan fingerprint density at radius 3 is 2.26 bits per heavy atom. The molecule has 2 aromatic carbocycles. The van der Waals surface area contributed by atoms with Gasteiger partial charge < -0.3 is 25.7 Å². The number of carbonyl (C=O) groups excluding carboxylic acids is 2. The second kappa shape index (κ2) is 13.3. The van der Waals surface area contributed by atoms with Gasteiger partial charge in [0.25, 0.3) is 12.3 Å². The highest BCUT2D eigenvalue weighted by Crippen LogP contribution is 2.39. The molecular formula is C30H33F8N5O3. The van der Waals surface area contributed by atoms with Crippen molar-refractivity contribution in [1.82, 2.24) is 20.6 Å². The third kappa shape index (κ3) is 8.78. The van der Waals surface area contributed by atoms with Gasteiger partial charge in [-0.05, 0) is 49.4 Å². The SMILES string of the molecule is CC(C)(C)C(=O)NCc1ccc(C(F)(F)F)c(Nc2nc3cc(C(=O)N[C@H]4CC[C@H](C(F)(F)F)CC4)c(OCC(F)F)cc3[nH]2)c1. The topological polar surface area (TPSA) is 108 Å². The lowest BCUT2D eigenvalue weighted by Gasteiger charge is -2.30. The number of nitrogens with zero attached hydrogens (tertiary/aromatic N) is 1. The van der Waals surface area contributed by atoms with Crippen LogP contribution in [-0.4, -0.2) is 47.0 Å². The van der Waals surface area contributed by atoms with Crippen LogP contribution in [0.25, 0.3) is 11.0 Å². The number of rotatable bonds is 9. The molecule has 0 spiro atoms. The molecule has 0 bridgehead atoms. The summed E-state index contributed by atoms with van der Waals surface area (Å²) in [5, 5.41) is 7.86. The molecule has 46 heavy (non-hydrogen) atoms. The van der Waals surface area contributed by atoms with Crippen molar-refractivity contribution in [3.63, 3.8) is 0 Å². The van der Waals surface area contributed by atoms with Crippen molar-refractivity contribution in [2.24, 2.45) is 11.3 Å². The minimum atomic E-state index is -4.76. The third-order valence-corrected chi connectivity index (χ3v) is 7.49. The Bertz CT molecular complexity index is 1550. The zero-order valence-electron chi connectivity index (χ0n) is 25.1. The number of nitrogens with one attached hydrogen (secondary N) is 4. The maximum absolute atomic E-state index is 13.9. The van der Waals surface area contributed by atoms with Crippen LogP contribution in [0.2, 0.25) is 0 Å². The van der Waals surface area contributed by atoms with Crippen LogP contribution in [-0.2, 0) is 17.5 Å². The number of imidazole rings is 1. The van der Waals surface area contributed by atoms with Gasteiger partial charge in [-0.25, -0.2) is 13.8 Å². The number of ether oxygens (including phenoxy) is 1. The van der Waals surface area contributed by atoms with Gasteiger partial charge in [0.1, 0.15) is 12.4 Å². The first-order chi connectivity index (χ1) is 21.3. The fourth-order valence-corrected chi connectivity index (χ4v) is 5.00. The van der Waals surface area contributed by atoms with Gasteiger partial charge in [0.15, 0.2) is 0 Å². The molecule has 1 heterocycles. The van der Waals surface area contributed by atoms with Gasteiger partial charge in [-0.15, -0.1) is 0 Å². The highest BCUT2D eigenvalue weighted by molar-refractivity contribution is 6.01. The normalized spacial score (nSPS) is 17.7. The van der Waals surface area contributed by atoms with Gasteiger partial charge in [0.05, 0.1) is 33.8 Å². The van der Waals surface area contributed by atoms with Crippen LogP contribution < -0.4 is 20.7 Å². The molecule has 3 aromatic rings. The largest absolute Gasteiger partial charge is 0.487 e. The third-order valence-electron chi connectivity index (χ3n) is 7.49. The van der Waals surface area contributed by atoms with Crippen molar-refractivity contribution in [2.75, 3.05) is 11.9 Å². The maximum atomic E-state index is 13.9. The monoisotopic (exact) mass is 663 g/mol. The van der Waals surface area contributed by atoms with E-state index in [2.05, 4.69) is 25.9 Å². The van der Waals surface area contributed by atoms with E-state index in [1.807, 2.05) is 0 Å². The number of alkyl halides is 8. The molecule has 8 nitrogen and oxygen atoms in total. The number of hydrogen-bond acceptors (Lipinski definition) is 5. The average molecular weight is 664 g/mol. The first-order valence-electron chi connectivity index (χ1n) is 14.4. The van der Waals surface area contributed by atoms with Crippen LogP contribution >= 0.6 is 0 Å². The van der Waals surface area contributed by atoms with Gasteiger partial charge in [0.2, 0.25) is 11.9 Å². The number of halogens is 8. The summed E-state index contributed by atoms with van der Waals surface area (Å²) in [5.41, 5.74) is -1.81. The summed E-state index contributed by atoms with van der Waals surface area (Å²) < 4.78 is 112. The summed E-state index contributed by atoms with van der Waals surface area (Å²) in [6, 6.07) is 5.06. The van der Waals surface area contributed by atoms with Gasteiger partial charge in [-0.2, -0.15) is 26.3 Å². The van der Waals surface area contributed by atoms with Crippen molar-refractivity contribution < 1.29 is 49.4 Å². The number of anilines is 2. The Kier molecular flexibility index (Phi) is 10.1. The molecule has 1 aliphatic rings. The quantitative estimate of drug-likeness (QED) is 0.178. The predicted molar refractivity (Wildman–Crippen MR) is 153 cm³/mol. The molecule has 1 saturated carbocycles. The molecule has 2 amide bonds. The number of benzene rings is 2. The van der Waals surface area contributed by atoms with Crippen molar-refractivity contribution >= 4 is 34.5 Å². The molecule has 1 aliphatic carbocycles. The number of aromatic nitrogens is 2. The number of hydrogen-bond donors (Lipinski definition) is 4. The fraction of sp³-hybridized carbons (Fsp3) is 0.500. The second-order valence-electron chi connectivity index (χ2n) is 12.2. The van der Waals surface area contributed by atoms with Crippen LogP contribution in [0.4, 0.5) is 46.8 Å². The Morgan fingerprint density at radius 2 is 1.67 bits per heavy atom. The molecule has 16 heteroatoms. The first kappa shape index (κ1) is 34.8. The lowest BCUT2D eigenvalue weighted by atomic mass is 9.85. The Balaban J connectivity index is 1.60. The summed E-state index contributed by atoms with van der Waals surface area (Å²) in [7, 11) is 0. The Morgan fingerprint density at radius 1 is 1.00 bits per heavy atom. The molecule has 252 valence electrons. The standard InChI is InChI=1S/C30H33F8N5O3/c1-28(2,3)26(45)39-13-15-4-9-19(30(36,37)38)20(10-15)41-27-42-21-11-18(23(12-22(21)43-27)46-14-24(31)32)25(44)40-17-7-5-16(6-8-17)29(33,34)35/h4,9-12,16-17,24H,5-8,13-14H2,1-3H3,(H,39,45)(H,40,44)(H2,41,42,43)/t16-,17-. The average Bonchev–Trinajstić information content (AvgIpc) is 3.34. The van der Waals surface area contributed by atoms with Crippen LogP contribution in [0, 0.1) is 11.3 Å². The van der Waals surface area contributed by atoms with E-state index in [1.54, 1.807) is 20.8 Å². The van der Waals surface area contributed by atoms with Gasteiger partial charge in [0, 0.05) is 24.1 Å². The zero-order chi connectivity index (χ0) is 34.0. The van der Waals surface area contributed by atoms with E-state index in [0.29, 0.717) is 5.56 Å². The lowest BCUT2D eigenvalue weighted by molar-refractivity contribution is -0.182. The maximum Gasteiger partial charge on any atom is 0.418 e. The molecule has 0 radical (unpaired) electrons. The summed E-state index contributed by atoms with van der Waals surface area (Å²) in [6.07, 6.45) is -12.2. The van der Waals surface area contributed by atoms with Crippen LogP contribution in [0.1, 0.15) is 67.9 Å². The van der Waals surface area contributed by atoms with Gasteiger partial charge >= 0.3 is 12.4 Å². The number of aromatic amines is 1. The van der Waals surface area contributed by atoms with E-state index in [0.717, 1.165) is 6.07 Å². The highest BCUT2D eigenvalue weighted by atomic mass is 19.4. The Hall–Kier alpha value is -4.11. The van der Waals surface area contributed by atoms with Crippen LogP contribution in [0.15, 0.2) is 30.3 Å². The van der Waals surface area contributed by atoms with Gasteiger partial charge in [-0.1, -0.05) is 26.8 Å². The summed E-state index contributed by atoms with van der Waals surface area (Å²) in [5.74, 6) is -3.03. The van der Waals surface area contributed by atoms with Crippen LogP contribution in [0.3, 0.4) is 0 Å². The van der Waals surface area contributed by atoms with E-state index < -0.39 is 59.9 Å². The van der Waals surface area contributed by atoms with Crippen molar-refractivity contribution in [1.29, 1.82) is 0 Å². The fourth-order valence-electron chi connectivity index (χ4n) is 5.00. The molecule has 0 saturated heterocycles. The van der Waals surface area contributed by atoms with E-state index in [9.17, 15) is 44.7 Å². The van der Waals surface area contributed by atoms with E-state index >= 15 is 0 Å². The zero-order valence-corrected chi connectivity index (χ0v) is 25.1. The Labute approximate surface area is 258 Å². The molecule has 1 fully saturated rings. The summed E-state index contributed by atoms with van der Waals surface area (Å²) >= 11 is 0. The minimum absolute atomic E-state index is 0.0514. The first-order valence-corrected chi connectivity index (χ1v) is 14.4. The molecule has 0 unspecified atom stereocenters. The van der Waals surface area contributed by atoms with Crippen molar-refractivity contribution in [3.8, 4) is 5.75 Å². The minimum Gasteiger partial charge on any atom is -0.487 e. The lowest BCUT2D eigenvalue weighted by Crippen LogP contribution is -2.40. The summed E-state index contributed by atoms with van der Waals surface area (Å²) in [6.45, 7) is 3.93. The molecule has 4 N–H and O–H groups in total. The van der Waals surface area contributed by atoms with E-state index in [1.165, 1.54) is 24.3 Å². The van der Waals surface area contributed by atoms with E-state index in [4.69, 9.17) is 4.74 Å². The number of carbonyl (C=O) groups is 2. The number of fused-ring (bicyclic) bond motifs is 1. The van der Waals surface area contributed by atoms with Gasteiger partial charge in [-0.3, -0.25) is 9.59 Å². The highest BCUT2D eigenvalue weighted by Gasteiger charge is 2.41. The predicted octanol–water partition coefficient (Wildman–Crippen LogP) is 7.48. The van der Waals surface area contributed by atoms with E-state index in [-0.39, 0.29) is 66.4 Å². The second-order valence-corrected chi connectivity index (χ2v) is 12.2. The summed E-state index contributed by atoms with van der Waals surface area (Å²) in [4.78, 5) is 32.4. The molecule has 0 aliphatic heterocycles. The van der Waals surface area contributed by atoms with Crippen molar-refractivity contribution in [2.45, 2.75) is 77.8 Å². The molecule has 4 rings (SSSR count). The molecule has 0 atom stereocenters. The van der Waals surface area contributed by atoms with Crippen LogP contribution in [0.5, 0.6) is 5.75 Å². The number of H-pyrrole nitrogens is 1. The molecular weight excluding hydrogens is 630 g/mol. The number of amides is 2.